The predicted molar refractivity (Wildman–Crippen MR) is 88.7 cm³/mol. The van der Waals surface area contributed by atoms with Crippen molar-refractivity contribution >= 4 is 0 Å². The van der Waals surface area contributed by atoms with Crippen LogP contribution in [-0.4, -0.2) is 54.7 Å². The number of benzene rings is 1. The van der Waals surface area contributed by atoms with Crippen molar-refractivity contribution in [3.63, 3.8) is 0 Å². The first kappa shape index (κ1) is 16.5. The quantitative estimate of drug-likeness (QED) is 0.923. The van der Waals surface area contributed by atoms with E-state index in [-0.39, 0.29) is 11.5 Å². The van der Waals surface area contributed by atoms with E-state index in [1.165, 1.54) is 5.56 Å². The highest BCUT2D eigenvalue weighted by Gasteiger charge is 2.17. The van der Waals surface area contributed by atoms with Gasteiger partial charge in [-0.1, -0.05) is 45.0 Å². The van der Waals surface area contributed by atoms with Crippen LogP contribution in [0.15, 0.2) is 24.3 Å². The van der Waals surface area contributed by atoms with E-state index in [0.29, 0.717) is 0 Å². The van der Waals surface area contributed by atoms with Gasteiger partial charge in [-0.15, -0.1) is 0 Å². The third-order valence-corrected chi connectivity index (χ3v) is 4.48. The number of aliphatic hydroxyl groups excluding tert-OH is 1. The summed E-state index contributed by atoms with van der Waals surface area (Å²) in [6, 6.07) is 8.45. The molecule has 0 radical (unpaired) electrons. The Hall–Kier alpha value is -0.900. The fourth-order valence-electron chi connectivity index (χ4n) is 2.75. The zero-order chi connectivity index (χ0) is 15.5. The lowest BCUT2D eigenvalue weighted by Crippen LogP contribution is -2.44. The second kappa shape index (κ2) is 6.91. The zero-order valence-electron chi connectivity index (χ0n) is 14.0. The summed E-state index contributed by atoms with van der Waals surface area (Å²) in [5.74, 6) is 0. The molecule has 1 aromatic carbocycles. The summed E-state index contributed by atoms with van der Waals surface area (Å²) >= 11 is 0. The molecule has 0 spiro atoms. The Labute approximate surface area is 129 Å². The standard InChI is InChI=1S/C18H30N2O/c1-18(2,3)16-7-5-15(6-8-16)17(21)9-10-20-13-11-19(4)12-14-20/h5-8,17,21H,9-14H2,1-4H3. The summed E-state index contributed by atoms with van der Waals surface area (Å²) in [6.07, 6.45) is 0.470. The summed E-state index contributed by atoms with van der Waals surface area (Å²) in [5.41, 5.74) is 2.53. The topological polar surface area (TPSA) is 26.7 Å². The fraction of sp³-hybridized carbons (Fsp3) is 0.667. The minimum absolute atomic E-state index is 0.170. The predicted octanol–water partition coefficient (Wildman–Crippen LogP) is 2.66. The molecule has 1 saturated heterocycles. The maximum atomic E-state index is 10.4. The normalized spacial score (nSPS) is 19.7. The number of piperazine rings is 1. The Morgan fingerprint density at radius 2 is 1.62 bits per heavy atom. The summed E-state index contributed by atoms with van der Waals surface area (Å²) in [4.78, 5) is 4.81. The van der Waals surface area contributed by atoms with Crippen LogP contribution in [0.3, 0.4) is 0 Å². The van der Waals surface area contributed by atoms with Crippen molar-refractivity contribution < 1.29 is 5.11 Å². The van der Waals surface area contributed by atoms with Gasteiger partial charge in [-0.3, -0.25) is 0 Å². The Kier molecular flexibility index (Phi) is 5.42. The largest absolute Gasteiger partial charge is 0.388 e. The monoisotopic (exact) mass is 290 g/mol. The second-order valence-corrected chi connectivity index (χ2v) is 7.32. The Bertz CT molecular complexity index is 428. The number of likely N-dealkylation sites (N-methyl/N-ethyl adjacent to an activating group) is 1. The molecule has 1 heterocycles. The highest BCUT2D eigenvalue weighted by molar-refractivity contribution is 5.28. The minimum atomic E-state index is -0.348. The number of rotatable bonds is 4. The van der Waals surface area contributed by atoms with Gasteiger partial charge < -0.3 is 14.9 Å². The van der Waals surface area contributed by atoms with Gasteiger partial charge in [0.05, 0.1) is 6.10 Å². The van der Waals surface area contributed by atoms with Gasteiger partial charge in [0.2, 0.25) is 0 Å². The second-order valence-electron chi connectivity index (χ2n) is 7.32. The molecule has 2 rings (SSSR count). The molecule has 0 amide bonds. The molecule has 1 unspecified atom stereocenters. The average molecular weight is 290 g/mol. The van der Waals surface area contributed by atoms with Gasteiger partial charge in [0.25, 0.3) is 0 Å². The fourth-order valence-corrected chi connectivity index (χ4v) is 2.75. The minimum Gasteiger partial charge on any atom is -0.388 e. The molecule has 118 valence electrons. The van der Waals surface area contributed by atoms with E-state index in [2.05, 4.69) is 61.9 Å². The van der Waals surface area contributed by atoms with Crippen LogP contribution in [0.4, 0.5) is 0 Å². The molecule has 0 saturated carbocycles. The van der Waals surface area contributed by atoms with Crippen molar-refractivity contribution in [3.05, 3.63) is 35.4 Å². The smallest absolute Gasteiger partial charge is 0.0802 e. The van der Waals surface area contributed by atoms with Gasteiger partial charge in [0.15, 0.2) is 0 Å². The lowest BCUT2D eigenvalue weighted by molar-refractivity contribution is 0.113. The van der Waals surface area contributed by atoms with Crippen LogP contribution < -0.4 is 0 Å². The molecule has 3 nitrogen and oxygen atoms in total. The first-order valence-electron chi connectivity index (χ1n) is 8.05. The van der Waals surface area contributed by atoms with Crippen LogP contribution in [0.5, 0.6) is 0 Å². The summed E-state index contributed by atoms with van der Waals surface area (Å²) < 4.78 is 0. The lowest BCUT2D eigenvalue weighted by atomic mass is 9.86. The number of hydrogen-bond donors (Lipinski definition) is 1. The Morgan fingerprint density at radius 3 is 2.14 bits per heavy atom. The highest BCUT2D eigenvalue weighted by atomic mass is 16.3. The van der Waals surface area contributed by atoms with Crippen molar-refractivity contribution in [1.29, 1.82) is 0 Å². The van der Waals surface area contributed by atoms with Crippen molar-refractivity contribution in [1.82, 2.24) is 9.80 Å². The van der Waals surface area contributed by atoms with Crippen LogP contribution in [-0.2, 0) is 5.41 Å². The molecule has 1 aliphatic heterocycles. The third kappa shape index (κ3) is 4.80. The van der Waals surface area contributed by atoms with E-state index >= 15 is 0 Å². The van der Waals surface area contributed by atoms with Crippen LogP contribution in [0.1, 0.15) is 44.4 Å². The van der Waals surface area contributed by atoms with E-state index in [1.54, 1.807) is 0 Å². The maximum absolute atomic E-state index is 10.4. The summed E-state index contributed by atoms with van der Waals surface area (Å²) in [6.45, 7) is 12.1. The van der Waals surface area contributed by atoms with Gasteiger partial charge >= 0.3 is 0 Å². The van der Waals surface area contributed by atoms with Crippen LogP contribution in [0, 0.1) is 0 Å². The van der Waals surface area contributed by atoms with Gasteiger partial charge in [-0.25, -0.2) is 0 Å². The molecular formula is C18H30N2O. The molecule has 1 N–H and O–H groups in total. The molecule has 3 heteroatoms. The number of aliphatic hydroxyl groups is 1. The molecule has 0 bridgehead atoms. The summed E-state index contributed by atoms with van der Waals surface area (Å²) in [5, 5.41) is 10.4. The van der Waals surface area contributed by atoms with Crippen LogP contribution in [0.2, 0.25) is 0 Å². The lowest BCUT2D eigenvalue weighted by Gasteiger charge is -2.32. The molecule has 1 fully saturated rings. The molecule has 1 atom stereocenters. The van der Waals surface area contributed by atoms with Crippen molar-refractivity contribution in [3.8, 4) is 0 Å². The van der Waals surface area contributed by atoms with Gasteiger partial charge in [0.1, 0.15) is 0 Å². The van der Waals surface area contributed by atoms with E-state index in [9.17, 15) is 5.11 Å². The van der Waals surface area contributed by atoms with Crippen LogP contribution in [0.25, 0.3) is 0 Å². The van der Waals surface area contributed by atoms with Crippen molar-refractivity contribution in [2.24, 2.45) is 0 Å². The van der Waals surface area contributed by atoms with Gasteiger partial charge in [0, 0.05) is 32.7 Å². The number of nitrogens with zero attached hydrogens (tertiary/aromatic N) is 2. The first-order valence-corrected chi connectivity index (χ1v) is 8.05. The maximum Gasteiger partial charge on any atom is 0.0802 e. The zero-order valence-corrected chi connectivity index (χ0v) is 14.0. The Balaban J connectivity index is 1.84. The van der Waals surface area contributed by atoms with Gasteiger partial charge in [-0.05, 0) is 30.0 Å². The third-order valence-electron chi connectivity index (χ3n) is 4.48. The molecule has 1 aromatic rings. The van der Waals surface area contributed by atoms with Crippen molar-refractivity contribution in [2.75, 3.05) is 39.8 Å². The van der Waals surface area contributed by atoms with E-state index in [4.69, 9.17) is 0 Å². The molecule has 0 aliphatic carbocycles. The first-order chi connectivity index (χ1) is 9.86. The van der Waals surface area contributed by atoms with Gasteiger partial charge in [-0.2, -0.15) is 0 Å². The number of hydrogen-bond acceptors (Lipinski definition) is 3. The molecular weight excluding hydrogens is 260 g/mol. The van der Waals surface area contributed by atoms with Crippen LogP contribution >= 0.6 is 0 Å². The SMILES string of the molecule is CN1CCN(CCC(O)c2ccc(C(C)(C)C)cc2)CC1. The molecule has 1 aliphatic rings. The Morgan fingerprint density at radius 1 is 1.05 bits per heavy atom. The molecule has 21 heavy (non-hydrogen) atoms. The van der Waals surface area contributed by atoms with E-state index in [0.717, 1.165) is 44.7 Å². The average Bonchev–Trinajstić information content (AvgIpc) is 2.45. The summed E-state index contributed by atoms with van der Waals surface area (Å²) in [7, 11) is 2.17. The molecule has 0 aromatic heterocycles. The van der Waals surface area contributed by atoms with E-state index < -0.39 is 0 Å². The van der Waals surface area contributed by atoms with Crippen molar-refractivity contribution in [2.45, 2.75) is 38.7 Å². The van der Waals surface area contributed by atoms with E-state index in [1.807, 2.05) is 0 Å². The highest BCUT2D eigenvalue weighted by Crippen LogP contribution is 2.25.